The van der Waals surface area contributed by atoms with Crippen LogP contribution in [0.4, 0.5) is 0 Å². The minimum absolute atomic E-state index is 1.09. The molecular weight excluding hydrogens is 517 g/mol. The molecule has 0 aliphatic heterocycles. The maximum Gasteiger partial charge on any atom is 0.352 e. The molecule has 0 radical (unpaired) electrons. The van der Waals surface area contributed by atoms with Crippen LogP contribution >= 0.6 is 0 Å². The zero-order valence-corrected chi connectivity index (χ0v) is 27.5. The number of hydrogen-bond donors (Lipinski definition) is 0. The van der Waals surface area contributed by atoms with E-state index in [1.165, 1.54) is 0 Å². The molecule has 0 aliphatic rings. The average Bonchev–Trinajstić information content (AvgIpc) is 2.79. The van der Waals surface area contributed by atoms with Gasteiger partial charge in [0.1, 0.15) is 0 Å². The lowest BCUT2D eigenvalue weighted by molar-refractivity contribution is 0.316. The Labute approximate surface area is 217 Å². The molecule has 9 heteroatoms. The summed E-state index contributed by atoms with van der Waals surface area (Å²) in [5, 5.41) is 3.36. The van der Waals surface area contributed by atoms with Crippen LogP contribution in [0.1, 0.15) is 0 Å². The van der Waals surface area contributed by atoms with Gasteiger partial charge in [0, 0.05) is 0 Å². The second-order valence-corrected chi connectivity index (χ2v) is 27.6. The highest BCUT2D eigenvalue weighted by atomic mass is 28.5. The van der Waals surface area contributed by atoms with Crippen molar-refractivity contribution in [2.45, 2.75) is 52.4 Å². The van der Waals surface area contributed by atoms with Crippen molar-refractivity contribution in [1.29, 1.82) is 0 Å². The van der Waals surface area contributed by atoms with Gasteiger partial charge >= 0.3 is 25.7 Å². The van der Waals surface area contributed by atoms with Gasteiger partial charge in [-0.25, -0.2) is 0 Å². The molecule has 0 amide bonds. The topological polar surface area (TPSA) is 36.9 Å². The zero-order valence-electron chi connectivity index (χ0n) is 22.4. The third-order valence-corrected chi connectivity index (χ3v) is 23.7. The normalized spacial score (nSPS) is 17.4. The predicted molar refractivity (Wildman–Crippen MR) is 160 cm³/mol. The molecule has 0 heterocycles. The van der Waals surface area contributed by atoms with Gasteiger partial charge in [-0.1, -0.05) is 91.0 Å². The third-order valence-electron chi connectivity index (χ3n) is 5.64. The van der Waals surface area contributed by atoms with Crippen LogP contribution in [-0.4, -0.2) is 43.0 Å². The van der Waals surface area contributed by atoms with E-state index in [-0.39, 0.29) is 0 Å². The molecule has 0 spiro atoms. The highest BCUT2D eigenvalue weighted by Gasteiger charge is 2.52. The molecule has 3 aromatic carbocycles. The minimum atomic E-state index is -3.01. The van der Waals surface area contributed by atoms with E-state index in [1.807, 2.05) is 18.2 Å². The van der Waals surface area contributed by atoms with Gasteiger partial charge < -0.3 is 16.5 Å². The lowest BCUT2D eigenvalue weighted by Gasteiger charge is -2.44. The molecule has 188 valence electrons. The van der Waals surface area contributed by atoms with Crippen molar-refractivity contribution >= 4 is 58.6 Å². The Morgan fingerprint density at radius 1 is 0.457 bits per heavy atom. The van der Waals surface area contributed by atoms with Crippen LogP contribution in [0.25, 0.3) is 0 Å². The Bertz CT molecular complexity index is 1070. The summed E-state index contributed by atoms with van der Waals surface area (Å²) in [6.07, 6.45) is 0. The first-order valence-corrected chi connectivity index (χ1v) is 25.4. The third kappa shape index (κ3) is 7.54. The van der Waals surface area contributed by atoms with Crippen molar-refractivity contribution < 1.29 is 16.5 Å². The van der Waals surface area contributed by atoms with Crippen LogP contribution in [0.2, 0.25) is 52.4 Å². The lowest BCUT2D eigenvalue weighted by atomic mass is 10.4. The second-order valence-electron chi connectivity index (χ2n) is 10.5. The molecule has 0 N–H and O–H groups in total. The van der Waals surface area contributed by atoms with E-state index in [1.54, 1.807) is 0 Å². The maximum absolute atomic E-state index is 7.31. The van der Waals surface area contributed by atoms with Crippen LogP contribution in [0.3, 0.4) is 0 Å². The van der Waals surface area contributed by atoms with Crippen molar-refractivity contribution in [3.63, 3.8) is 0 Å². The second kappa shape index (κ2) is 11.3. The Balaban J connectivity index is 2.14. The molecule has 0 bridgehead atoms. The fourth-order valence-electron chi connectivity index (χ4n) is 4.43. The van der Waals surface area contributed by atoms with Crippen molar-refractivity contribution in [1.82, 2.24) is 0 Å². The fraction of sp³-hybridized carbons (Fsp3) is 0.308. The molecule has 0 fully saturated rings. The SMILES string of the molecule is C[SiH](C)O[Si](C)(O[Si](C)(O[Si](C)(O[Si](C)(C)C)c1ccccc1)c1ccccc1)c1ccccc1. The Morgan fingerprint density at radius 2 is 0.771 bits per heavy atom. The summed E-state index contributed by atoms with van der Waals surface area (Å²) >= 11 is 0. The molecule has 3 rings (SSSR count). The highest BCUT2D eigenvalue weighted by molar-refractivity contribution is 7.00. The Kier molecular flexibility index (Phi) is 9.11. The van der Waals surface area contributed by atoms with Gasteiger partial charge in [0.25, 0.3) is 0 Å². The Hall–Kier alpha value is -1.42. The average molecular weight is 557 g/mol. The summed E-state index contributed by atoms with van der Waals surface area (Å²) in [6, 6.07) is 31.3. The molecule has 4 nitrogen and oxygen atoms in total. The van der Waals surface area contributed by atoms with Gasteiger partial charge in [-0.2, -0.15) is 0 Å². The van der Waals surface area contributed by atoms with E-state index in [0.717, 1.165) is 15.6 Å². The monoisotopic (exact) mass is 556 g/mol. The van der Waals surface area contributed by atoms with E-state index < -0.39 is 43.0 Å². The molecule has 35 heavy (non-hydrogen) atoms. The molecule has 0 aromatic heterocycles. The minimum Gasteiger partial charge on any atom is -0.436 e. The van der Waals surface area contributed by atoms with Gasteiger partial charge in [0.05, 0.1) is 0 Å². The van der Waals surface area contributed by atoms with Gasteiger partial charge in [0.15, 0.2) is 17.4 Å². The summed E-state index contributed by atoms with van der Waals surface area (Å²) < 4.78 is 28.3. The quantitative estimate of drug-likeness (QED) is 0.318. The van der Waals surface area contributed by atoms with Crippen LogP contribution in [0.15, 0.2) is 91.0 Å². The predicted octanol–water partition coefficient (Wildman–Crippen LogP) is 4.81. The zero-order chi connectivity index (χ0) is 25.7. The summed E-state index contributed by atoms with van der Waals surface area (Å²) in [5.74, 6) is 0. The highest BCUT2D eigenvalue weighted by Crippen LogP contribution is 2.25. The largest absolute Gasteiger partial charge is 0.436 e. The van der Waals surface area contributed by atoms with Crippen molar-refractivity contribution in [3.8, 4) is 0 Å². The van der Waals surface area contributed by atoms with Crippen molar-refractivity contribution in [2.75, 3.05) is 0 Å². The van der Waals surface area contributed by atoms with Crippen LogP contribution in [0, 0.1) is 0 Å². The van der Waals surface area contributed by atoms with E-state index in [9.17, 15) is 0 Å². The summed E-state index contributed by atoms with van der Waals surface area (Å²) in [4.78, 5) is 0. The first-order chi connectivity index (χ1) is 16.4. The smallest absolute Gasteiger partial charge is 0.352 e. The summed E-state index contributed by atoms with van der Waals surface area (Å²) in [6.45, 7) is 17.6. The standard InChI is InChI=1S/C26H40O4Si5/c1-31(2)27-33(6,24-18-12-9-13-19-24)29-35(8,26-22-16-11-17-23-26)30-34(7,28-32(3,4)5)25-20-14-10-15-21-25/h9-23,31H,1-8H3. The summed E-state index contributed by atoms with van der Waals surface area (Å²) in [7, 11) is -12.0. The van der Waals surface area contributed by atoms with Crippen LogP contribution in [0.5, 0.6) is 0 Å². The first-order valence-electron chi connectivity index (χ1n) is 12.3. The summed E-state index contributed by atoms with van der Waals surface area (Å²) in [5.41, 5.74) is 0. The number of hydrogen-bond acceptors (Lipinski definition) is 4. The molecule has 3 unspecified atom stereocenters. The van der Waals surface area contributed by atoms with Crippen molar-refractivity contribution in [2.24, 2.45) is 0 Å². The molecule has 0 saturated carbocycles. The van der Waals surface area contributed by atoms with Crippen LogP contribution < -0.4 is 15.6 Å². The van der Waals surface area contributed by atoms with Gasteiger partial charge in [-0.05, 0) is 67.9 Å². The maximum atomic E-state index is 7.31. The molecule has 3 atom stereocenters. The molecule has 0 saturated heterocycles. The number of rotatable bonds is 11. The van der Waals surface area contributed by atoms with Crippen LogP contribution in [-0.2, 0) is 16.5 Å². The number of benzene rings is 3. The molecule has 3 aromatic rings. The first kappa shape index (κ1) is 28.2. The molecule has 0 aliphatic carbocycles. The van der Waals surface area contributed by atoms with Gasteiger partial charge in [-0.15, -0.1) is 0 Å². The van der Waals surface area contributed by atoms with E-state index in [4.69, 9.17) is 16.5 Å². The Morgan fingerprint density at radius 3 is 1.11 bits per heavy atom. The van der Waals surface area contributed by atoms with E-state index in [2.05, 4.69) is 125 Å². The van der Waals surface area contributed by atoms with E-state index >= 15 is 0 Å². The van der Waals surface area contributed by atoms with E-state index in [0.29, 0.717) is 0 Å². The fourth-order valence-corrected chi connectivity index (χ4v) is 25.7. The van der Waals surface area contributed by atoms with Gasteiger partial charge in [-0.3, -0.25) is 0 Å². The van der Waals surface area contributed by atoms with Crippen molar-refractivity contribution in [3.05, 3.63) is 91.0 Å². The molecular formula is C26H40O4Si5. The lowest BCUT2D eigenvalue weighted by Crippen LogP contribution is -2.70. The van der Waals surface area contributed by atoms with Gasteiger partial charge in [0.2, 0.25) is 0 Å².